The molecule has 5 fully saturated rings. The number of carbonyl (C=O) groups is 1. The summed E-state index contributed by atoms with van der Waals surface area (Å²) in [6.45, 7) is -0.111. The van der Waals surface area contributed by atoms with E-state index in [-0.39, 0.29) is 34.2 Å². The minimum Gasteiger partial charge on any atom is -0.365 e. The fourth-order valence-electron chi connectivity index (χ4n) is 7.49. The van der Waals surface area contributed by atoms with Crippen molar-refractivity contribution < 1.29 is 30.8 Å². The van der Waals surface area contributed by atoms with Gasteiger partial charge >= 0.3 is 6.18 Å². The smallest absolute Gasteiger partial charge is 0.365 e. The molecule has 2 aromatic rings. The molecule has 2 aromatic carbocycles. The maximum absolute atomic E-state index is 13.9. The van der Waals surface area contributed by atoms with Crippen LogP contribution < -0.4 is 5.32 Å². The minimum absolute atomic E-state index is 0.0695. The van der Waals surface area contributed by atoms with Crippen LogP contribution in [0.25, 0.3) is 0 Å². The predicted octanol–water partition coefficient (Wildman–Crippen LogP) is 6.01. The highest BCUT2D eigenvalue weighted by Gasteiger charge is 2.76. The average Bonchev–Trinajstić information content (AvgIpc) is 3.53. The lowest BCUT2D eigenvalue weighted by molar-refractivity contribution is -0.151. The van der Waals surface area contributed by atoms with Crippen LogP contribution in [0.3, 0.4) is 0 Å². The molecule has 1 atom stereocenters. The molecule has 2 bridgehead atoms. The Morgan fingerprint density at radius 3 is 2.19 bits per heavy atom. The Balaban J connectivity index is 1.12. The number of benzene rings is 2. The van der Waals surface area contributed by atoms with Gasteiger partial charge in [-0.05, 0) is 86.4 Å². The lowest BCUT2D eigenvalue weighted by Crippen LogP contribution is -2.78. The van der Waals surface area contributed by atoms with E-state index in [0.717, 1.165) is 49.4 Å². The first-order valence-corrected chi connectivity index (χ1v) is 16.1. The molecule has 224 valence electrons. The van der Waals surface area contributed by atoms with E-state index >= 15 is 0 Å². The molecule has 6 nitrogen and oxygen atoms in total. The van der Waals surface area contributed by atoms with Crippen molar-refractivity contribution in [1.29, 1.82) is 0 Å². The molecule has 5 saturated carbocycles. The van der Waals surface area contributed by atoms with E-state index in [1.54, 1.807) is 0 Å². The zero-order valence-electron chi connectivity index (χ0n) is 23.1. The molecule has 6 aliphatic rings. The molecule has 8 rings (SSSR count). The molecule has 1 unspecified atom stereocenters. The molecule has 5 aliphatic carbocycles. The quantitative estimate of drug-likeness (QED) is 0.338. The topological polar surface area (TPSA) is 78.8 Å². The van der Waals surface area contributed by atoms with Crippen molar-refractivity contribution in [2.24, 2.45) is 16.3 Å². The zero-order chi connectivity index (χ0) is 29.5. The number of amidine groups is 1. The first-order chi connectivity index (χ1) is 19.8. The van der Waals surface area contributed by atoms with E-state index in [1.165, 1.54) is 47.8 Å². The number of rotatable bonds is 10. The Kier molecular flexibility index (Phi) is 6.24. The van der Waals surface area contributed by atoms with E-state index < -0.39 is 33.1 Å². The second-order valence-corrected chi connectivity index (χ2v) is 15.0. The van der Waals surface area contributed by atoms with Crippen molar-refractivity contribution in [3.8, 4) is 0 Å². The number of alkyl halides is 3. The minimum atomic E-state index is -4.50. The fourth-order valence-corrected chi connectivity index (χ4v) is 9.25. The van der Waals surface area contributed by atoms with Gasteiger partial charge in [-0.2, -0.15) is 17.5 Å². The van der Waals surface area contributed by atoms with Crippen molar-refractivity contribution in [3.63, 3.8) is 0 Å². The number of carbonyl (C=O) groups excluding carboxylic acids is 1. The van der Waals surface area contributed by atoms with Gasteiger partial charge in [-0.3, -0.25) is 9.79 Å². The SMILES string of the molecule is O=C(CCC1CCC1)C1N=C(C23CC(N(Cc4ccc(C(F)(F)F)cc4)S(=O)(=O)c4ccc(F)cc4)(C2)C3)NC12CC2. The van der Waals surface area contributed by atoms with Gasteiger partial charge in [0.05, 0.1) is 16.0 Å². The van der Waals surface area contributed by atoms with Crippen molar-refractivity contribution in [1.82, 2.24) is 9.62 Å². The Morgan fingerprint density at radius 1 is 1.00 bits per heavy atom. The Hall–Kier alpha value is -2.79. The highest BCUT2D eigenvalue weighted by molar-refractivity contribution is 7.89. The second kappa shape index (κ2) is 9.35. The normalized spacial score (nSPS) is 29.4. The Bertz CT molecular complexity index is 1530. The number of aliphatic imine (C=N–C) groups is 1. The monoisotopic (exact) mass is 603 g/mol. The summed E-state index contributed by atoms with van der Waals surface area (Å²) in [5.41, 5.74) is -1.75. The van der Waals surface area contributed by atoms with Gasteiger partial charge in [-0.15, -0.1) is 0 Å². The number of hydrogen-bond donors (Lipinski definition) is 1. The summed E-state index contributed by atoms with van der Waals surface area (Å²) in [6.07, 6.45) is 3.91. The molecule has 42 heavy (non-hydrogen) atoms. The summed E-state index contributed by atoms with van der Waals surface area (Å²) >= 11 is 0. The number of nitrogens with zero attached hydrogens (tertiary/aromatic N) is 2. The van der Waals surface area contributed by atoms with Crippen LogP contribution in [0.4, 0.5) is 17.6 Å². The molecule has 11 heteroatoms. The molecule has 1 heterocycles. The van der Waals surface area contributed by atoms with E-state index in [9.17, 15) is 30.8 Å². The number of ketones is 1. The first kappa shape index (κ1) is 28.0. The summed E-state index contributed by atoms with van der Waals surface area (Å²) in [5, 5.41) is 3.58. The van der Waals surface area contributed by atoms with Gasteiger partial charge in [-0.1, -0.05) is 31.4 Å². The average molecular weight is 604 g/mol. The van der Waals surface area contributed by atoms with Gasteiger partial charge in [0.25, 0.3) is 0 Å². The molecular formula is C31H33F4N3O3S. The third kappa shape index (κ3) is 4.49. The molecule has 1 aliphatic heterocycles. The maximum atomic E-state index is 13.9. The zero-order valence-corrected chi connectivity index (χ0v) is 23.9. The van der Waals surface area contributed by atoms with Crippen LogP contribution in [0.5, 0.6) is 0 Å². The van der Waals surface area contributed by atoms with Crippen LogP contribution in [0, 0.1) is 17.2 Å². The Morgan fingerprint density at radius 2 is 1.64 bits per heavy atom. The van der Waals surface area contributed by atoms with E-state index in [2.05, 4.69) is 5.32 Å². The highest BCUT2D eigenvalue weighted by atomic mass is 32.2. The lowest BCUT2D eigenvalue weighted by atomic mass is 9.38. The van der Waals surface area contributed by atoms with E-state index in [1.807, 2.05) is 0 Å². The maximum Gasteiger partial charge on any atom is 0.416 e. The molecular weight excluding hydrogens is 570 g/mol. The third-order valence-electron chi connectivity index (χ3n) is 10.3. The van der Waals surface area contributed by atoms with Gasteiger partial charge in [0, 0.05) is 23.9 Å². The lowest BCUT2D eigenvalue weighted by Gasteiger charge is -2.72. The number of hydrogen-bond acceptors (Lipinski definition) is 5. The molecule has 0 saturated heterocycles. The summed E-state index contributed by atoms with van der Waals surface area (Å²) in [5.74, 6) is 1.07. The van der Waals surface area contributed by atoms with Crippen LogP contribution in [0.1, 0.15) is 75.3 Å². The van der Waals surface area contributed by atoms with Gasteiger partial charge in [-0.25, -0.2) is 12.8 Å². The largest absolute Gasteiger partial charge is 0.416 e. The molecule has 0 amide bonds. The van der Waals surface area contributed by atoms with Crippen LogP contribution in [0.15, 0.2) is 58.4 Å². The second-order valence-electron chi connectivity index (χ2n) is 13.2. The summed E-state index contributed by atoms with van der Waals surface area (Å²) in [4.78, 5) is 18.0. The molecule has 0 radical (unpaired) electrons. The van der Waals surface area contributed by atoms with Crippen molar-refractivity contribution in [2.75, 3.05) is 0 Å². The first-order valence-electron chi connectivity index (χ1n) is 14.7. The van der Waals surface area contributed by atoms with Crippen molar-refractivity contribution in [2.45, 2.75) is 98.9 Å². The molecule has 1 N–H and O–H groups in total. The molecule has 0 aromatic heterocycles. The predicted molar refractivity (Wildman–Crippen MR) is 147 cm³/mol. The van der Waals surface area contributed by atoms with Crippen molar-refractivity contribution in [3.05, 3.63) is 65.5 Å². The van der Waals surface area contributed by atoms with Gasteiger partial charge < -0.3 is 5.32 Å². The van der Waals surface area contributed by atoms with E-state index in [0.29, 0.717) is 37.2 Å². The van der Waals surface area contributed by atoms with E-state index in [4.69, 9.17) is 4.99 Å². The van der Waals surface area contributed by atoms with Gasteiger partial charge in [0.15, 0.2) is 5.78 Å². The van der Waals surface area contributed by atoms with Gasteiger partial charge in [0.1, 0.15) is 17.7 Å². The van der Waals surface area contributed by atoms with Crippen molar-refractivity contribution >= 4 is 21.6 Å². The van der Waals surface area contributed by atoms with Crippen LogP contribution in [-0.4, -0.2) is 41.5 Å². The Labute approximate surface area is 242 Å². The number of nitrogens with one attached hydrogen (secondary N) is 1. The van der Waals surface area contributed by atoms with Gasteiger partial charge in [0.2, 0.25) is 10.0 Å². The summed E-state index contributed by atoms with van der Waals surface area (Å²) in [7, 11) is -4.10. The van der Waals surface area contributed by atoms with Crippen LogP contribution in [0.2, 0.25) is 0 Å². The standard InChI is InChI=1S/C31H33F4N3O3S/c32-23-9-11-24(12-10-23)42(40,41)38(16-21-4-7-22(8-5-21)31(33,34)35)29-17-28(18-29,19-29)27-36-26(30(37-27)14-15-30)25(39)13-6-20-2-1-3-20/h4-5,7-12,20,26H,1-3,6,13-19H2,(H,36,37). The van der Waals surface area contributed by atoms with Crippen LogP contribution >= 0.6 is 0 Å². The third-order valence-corrected chi connectivity index (χ3v) is 12.3. The van der Waals surface area contributed by atoms with Crippen LogP contribution in [-0.2, 0) is 27.5 Å². The number of sulfonamides is 1. The number of halogens is 4. The molecule has 1 spiro atoms. The highest BCUT2D eigenvalue weighted by Crippen LogP contribution is 2.72. The fraction of sp³-hybridized carbons (Fsp3) is 0.548. The summed E-state index contributed by atoms with van der Waals surface area (Å²) in [6, 6.07) is 8.72. The summed E-state index contributed by atoms with van der Waals surface area (Å²) < 4.78 is 82.2. The number of Topliss-reactive ketones (excluding diaryl/α,β-unsaturated/α-hetero) is 1.